The molecule has 1 saturated heterocycles. The van der Waals surface area contributed by atoms with Crippen molar-refractivity contribution in [2.75, 3.05) is 26.2 Å². The van der Waals surface area contributed by atoms with E-state index in [2.05, 4.69) is 50.1 Å². The van der Waals surface area contributed by atoms with E-state index >= 15 is 0 Å². The predicted molar refractivity (Wildman–Crippen MR) is 92.9 cm³/mol. The van der Waals surface area contributed by atoms with Gasteiger partial charge in [0.2, 0.25) is 0 Å². The number of rotatable bonds is 3. The zero-order valence-corrected chi connectivity index (χ0v) is 15.2. The van der Waals surface area contributed by atoms with Crippen LogP contribution in [0.5, 0.6) is 0 Å². The number of hydrogen-bond donors (Lipinski definition) is 0. The zero-order valence-electron chi connectivity index (χ0n) is 10.9. The van der Waals surface area contributed by atoms with Crippen molar-refractivity contribution in [2.24, 2.45) is 0 Å². The van der Waals surface area contributed by atoms with Crippen molar-refractivity contribution in [3.05, 3.63) is 30.4 Å². The first kappa shape index (κ1) is 14.7. The maximum absolute atomic E-state index is 12.4. The molecule has 0 aromatic heterocycles. The molecule has 0 atom stereocenters. The molecule has 0 aliphatic carbocycles. The van der Waals surface area contributed by atoms with E-state index < -0.39 is 0 Å². The van der Waals surface area contributed by atoms with Crippen molar-refractivity contribution in [2.45, 2.75) is 12.8 Å². The fourth-order valence-electron chi connectivity index (χ4n) is 2.73. The van der Waals surface area contributed by atoms with Crippen molar-refractivity contribution in [3.8, 4) is 0 Å². The molecule has 2 aliphatic rings. The lowest BCUT2D eigenvalue weighted by Gasteiger charge is -2.19. The van der Waals surface area contributed by atoms with Gasteiger partial charge in [0.25, 0.3) is 11.8 Å². The summed E-state index contributed by atoms with van der Waals surface area (Å²) in [7, 11) is 0. The van der Waals surface area contributed by atoms with E-state index in [0.29, 0.717) is 17.7 Å². The van der Waals surface area contributed by atoms with Gasteiger partial charge in [-0.2, -0.15) is 0 Å². The zero-order chi connectivity index (χ0) is 14.3. The third kappa shape index (κ3) is 2.61. The number of carbonyl (C=O) groups excluding carboxylic acids is 2. The Balaban J connectivity index is 1.78. The Hall–Kier alpha value is -0.220. The number of hydrogen-bond acceptors (Lipinski definition) is 3. The number of nitrogens with zero attached hydrogens (tertiary/aromatic N) is 2. The highest BCUT2D eigenvalue weighted by molar-refractivity contribution is 14.1. The van der Waals surface area contributed by atoms with Gasteiger partial charge in [0.1, 0.15) is 0 Å². The number of benzene rings is 1. The van der Waals surface area contributed by atoms with E-state index in [1.54, 1.807) is 0 Å². The van der Waals surface area contributed by atoms with Crippen molar-refractivity contribution >= 4 is 57.0 Å². The normalized spacial score (nSPS) is 19.0. The molecular formula is C14H14I2N2O2. The van der Waals surface area contributed by atoms with Crippen LogP contribution in [0.4, 0.5) is 0 Å². The molecule has 4 nitrogen and oxygen atoms in total. The van der Waals surface area contributed by atoms with Gasteiger partial charge in [0.15, 0.2) is 0 Å². The Kier molecular flexibility index (Phi) is 4.32. The van der Waals surface area contributed by atoms with Crippen molar-refractivity contribution in [1.29, 1.82) is 0 Å². The average Bonchev–Trinajstić information content (AvgIpc) is 3.00. The highest BCUT2D eigenvalue weighted by Gasteiger charge is 2.36. The quantitative estimate of drug-likeness (QED) is 0.478. The van der Waals surface area contributed by atoms with E-state index in [0.717, 1.165) is 26.8 Å². The van der Waals surface area contributed by atoms with Gasteiger partial charge in [-0.1, -0.05) is 0 Å². The molecule has 1 aromatic carbocycles. The van der Waals surface area contributed by atoms with E-state index in [1.165, 1.54) is 17.7 Å². The summed E-state index contributed by atoms with van der Waals surface area (Å²) in [4.78, 5) is 28.4. The van der Waals surface area contributed by atoms with Gasteiger partial charge < -0.3 is 4.90 Å². The summed E-state index contributed by atoms with van der Waals surface area (Å²) >= 11 is 4.39. The number of carbonyl (C=O) groups is 2. The van der Waals surface area contributed by atoms with E-state index in [1.807, 2.05) is 12.1 Å². The predicted octanol–water partition coefficient (Wildman–Crippen LogP) is 2.59. The van der Waals surface area contributed by atoms with E-state index in [9.17, 15) is 9.59 Å². The lowest BCUT2D eigenvalue weighted by Crippen LogP contribution is -2.37. The first-order valence-electron chi connectivity index (χ1n) is 6.65. The summed E-state index contributed by atoms with van der Waals surface area (Å²) in [5, 5.41) is 0. The molecule has 0 radical (unpaired) electrons. The first-order valence-corrected chi connectivity index (χ1v) is 8.81. The lowest BCUT2D eigenvalue weighted by molar-refractivity contribution is 0.0640. The largest absolute Gasteiger partial charge is 0.302 e. The fraction of sp³-hybridized carbons (Fsp3) is 0.429. The number of likely N-dealkylation sites (tertiary alicyclic amines) is 1. The van der Waals surface area contributed by atoms with Crippen molar-refractivity contribution in [3.63, 3.8) is 0 Å². The van der Waals surface area contributed by atoms with Crippen LogP contribution in [0.2, 0.25) is 0 Å². The Morgan fingerprint density at radius 2 is 1.40 bits per heavy atom. The van der Waals surface area contributed by atoms with Crippen LogP contribution in [0.25, 0.3) is 0 Å². The Morgan fingerprint density at radius 3 is 1.90 bits per heavy atom. The summed E-state index contributed by atoms with van der Waals surface area (Å²) in [6, 6.07) is 3.65. The molecule has 0 spiro atoms. The Bertz CT molecular complexity index is 542. The van der Waals surface area contributed by atoms with Gasteiger partial charge in [-0.05, 0) is 83.2 Å². The topological polar surface area (TPSA) is 40.6 Å². The Labute approximate surface area is 145 Å². The second-order valence-corrected chi connectivity index (χ2v) is 7.45. The molecule has 3 rings (SSSR count). The molecule has 2 heterocycles. The Morgan fingerprint density at radius 1 is 0.900 bits per heavy atom. The van der Waals surface area contributed by atoms with Gasteiger partial charge in [0.05, 0.1) is 11.1 Å². The van der Waals surface area contributed by atoms with Crippen molar-refractivity contribution < 1.29 is 9.59 Å². The molecule has 0 bridgehead atoms. The smallest absolute Gasteiger partial charge is 0.261 e. The molecule has 2 aliphatic heterocycles. The molecule has 20 heavy (non-hydrogen) atoms. The molecule has 106 valence electrons. The van der Waals surface area contributed by atoms with Crippen LogP contribution in [0.15, 0.2) is 12.1 Å². The highest BCUT2D eigenvalue weighted by atomic mass is 127. The van der Waals surface area contributed by atoms with Crippen LogP contribution in [-0.2, 0) is 0 Å². The summed E-state index contributed by atoms with van der Waals surface area (Å²) < 4.78 is 2.04. The summed E-state index contributed by atoms with van der Waals surface area (Å²) in [6.45, 7) is 3.46. The first-order chi connectivity index (χ1) is 9.58. The van der Waals surface area contributed by atoms with Crippen LogP contribution in [0.1, 0.15) is 33.6 Å². The van der Waals surface area contributed by atoms with Gasteiger partial charge in [-0.25, -0.2) is 0 Å². The molecule has 6 heteroatoms. The summed E-state index contributed by atoms with van der Waals surface area (Å²) in [5.74, 6) is -0.281. The maximum Gasteiger partial charge on any atom is 0.261 e. The summed E-state index contributed by atoms with van der Waals surface area (Å²) in [5.41, 5.74) is 1.11. The molecule has 0 N–H and O–H groups in total. The standard InChI is InChI=1S/C14H14I2N2O2/c15-11-7-9-10(8-12(11)16)14(20)18(13(9)19)6-5-17-3-1-2-4-17/h7-8H,1-6H2. The van der Waals surface area contributed by atoms with Crippen molar-refractivity contribution in [1.82, 2.24) is 9.80 Å². The second-order valence-electron chi connectivity index (χ2n) is 5.12. The van der Waals surface area contributed by atoms with Crippen LogP contribution >= 0.6 is 45.2 Å². The molecule has 1 fully saturated rings. The maximum atomic E-state index is 12.4. The number of fused-ring (bicyclic) bond motifs is 1. The minimum Gasteiger partial charge on any atom is -0.302 e. The molecular weight excluding hydrogens is 482 g/mol. The fourth-order valence-corrected chi connectivity index (χ4v) is 3.67. The van der Waals surface area contributed by atoms with Crippen LogP contribution in [0, 0.1) is 7.14 Å². The van der Waals surface area contributed by atoms with Gasteiger partial charge in [-0.15, -0.1) is 0 Å². The number of halogens is 2. The van der Waals surface area contributed by atoms with Crippen LogP contribution < -0.4 is 0 Å². The second kappa shape index (κ2) is 5.88. The van der Waals surface area contributed by atoms with E-state index in [4.69, 9.17) is 0 Å². The number of amides is 2. The van der Waals surface area contributed by atoms with Crippen LogP contribution in [0.3, 0.4) is 0 Å². The summed E-state index contributed by atoms with van der Waals surface area (Å²) in [6.07, 6.45) is 2.44. The van der Waals surface area contributed by atoms with Gasteiger partial charge >= 0.3 is 0 Å². The highest BCUT2D eigenvalue weighted by Crippen LogP contribution is 2.28. The average molecular weight is 496 g/mol. The third-order valence-electron chi connectivity index (χ3n) is 3.85. The minimum atomic E-state index is -0.140. The van der Waals surface area contributed by atoms with Gasteiger partial charge in [0, 0.05) is 20.2 Å². The monoisotopic (exact) mass is 496 g/mol. The number of imide groups is 1. The van der Waals surface area contributed by atoms with Gasteiger partial charge in [-0.3, -0.25) is 14.5 Å². The SMILES string of the molecule is O=C1c2cc(I)c(I)cc2C(=O)N1CCN1CCCC1. The van der Waals surface area contributed by atoms with Crippen LogP contribution in [-0.4, -0.2) is 47.8 Å². The molecule has 0 unspecified atom stereocenters. The minimum absolute atomic E-state index is 0.140. The molecule has 0 saturated carbocycles. The lowest BCUT2D eigenvalue weighted by atomic mass is 10.1. The molecule has 2 amide bonds. The molecule has 1 aromatic rings. The third-order valence-corrected chi connectivity index (χ3v) is 6.67. The van der Waals surface area contributed by atoms with E-state index in [-0.39, 0.29) is 11.8 Å².